The van der Waals surface area contributed by atoms with Crippen LogP contribution >= 0.6 is 0 Å². The van der Waals surface area contributed by atoms with Gasteiger partial charge >= 0.3 is 6.09 Å². The average molecular weight is 263 g/mol. The lowest BCUT2D eigenvalue weighted by molar-refractivity contribution is 0.0198. The summed E-state index contributed by atoms with van der Waals surface area (Å²) in [5.74, 6) is 0.727. The number of amides is 1. The Hall–Kier alpha value is -1.53. The summed E-state index contributed by atoms with van der Waals surface area (Å²) in [7, 11) is 5.43. The van der Waals surface area contributed by atoms with Crippen LogP contribution in [-0.2, 0) is 4.74 Å². The first-order chi connectivity index (χ1) is 8.85. The van der Waals surface area contributed by atoms with Gasteiger partial charge < -0.3 is 14.2 Å². The van der Waals surface area contributed by atoms with E-state index >= 15 is 0 Å². The molecule has 6 nitrogen and oxygen atoms in total. The molecule has 1 aliphatic heterocycles. The van der Waals surface area contributed by atoms with Gasteiger partial charge in [0.05, 0.1) is 0 Å². The fraction of sp³-hybridized carbons (Fsp3) is 0.750. The highest BCUT2D eigenvalue weighted by Gasteiger charge is 2.29. The van der Waals surface area contributed by atoms with Gasteiger partial charge in [-0.25, -0.2) is 9.78 Å². The topological polar surface area (TPSA) is 68.5 Å². The second-order valence-electron chi connectivity index (χ2n) is 5.73. The molecule has 1 aliphatic rings. The van der Waals surface area contributed by atoms with Gasteiger partial charge in [0, 0.05) is 19.0 Å². The molecule has 0 atom stereocenters. The highest BCUT2D eigenvalue weighted by molar-refractivity contribution is 6.28. The number of rotatable bonds is 1. The molecule has 0 bridgehead atoms. The first kappa shape index (κ1) is 13.9. The van der Waals surface area contributed by atoms with Crippen LogP contribution < -0.4 is 5.72 Å². The highest BCUT2D eigenvalue weighted by atomic mass is 16.6. The molecule has 2 heterocycles. The quantitative estimate of drug-likeness (QED) is 0.706. The number of carbonyl (C=O) groups is 1. The van der Waals surface area contributed by atoms with Gasteiger partial charge in [-0.1, -0.05) is 5.16 Å². The van der Waals surface area contributed by atoms with Gasteiger partial charge in [-0.15, -0.1) is 0 Å². The molecule has 0 aliphatic carbocycles. The van der Waals surface area contributed by atoms with E-state index < -0.39 is 5.60 Å². The molecule has 2 radical (unpaired) electrons. The maximum Gasteiger partial charge on any atom is 0.410 e. The van der Waals surface area contributed by atoms with E-state index in [0.29, 0.717) is 19.0 Å². The Morgan fingerprint density at radius 3 is 2.53 bits per heavy atom. The monoisotopic (exact) mass is 263 g/mol. The molecule has 0 saturated carbocycles. The number of hydrogen-bond donors (Lipinski definition) is 0. The number of hydrogen-bond acceptors (Lipinski definition) is 5. The highest BCUT2D eigenvalue weighted by Crippen LogP contribution is 2.26. The smallest absolute Gasteiger partial charge is 0.410 e. The lowest BCUT2D eigenvalue weighted by Gasteiger charge is -2.32. The Balaban J connectivity index is 1.87. The first-order valence-corrected chi connectivity index (χ1v) is 6.42. The van der Waals surface area contributed by atoms with Gasteiger partial charge in [-0.05, 0) is 33.6 Å². The molecule has 0 spiro atoms. The van der Waals surface area contributed by atoms with Crippen molar-refractivity contribution in [2.75, 3.05) is 13.1 Å². The van der Waals surface area contributed by atoms with Crippen LogP contribution in [0, 0.1) is 0 Å². The third-order valence-electron chi connectivity index (χ3n) is 2.95. The van der Waals surface area contributed by atoms with Gasteiger partial charge in [0.25, 0.3) is 0 Å². The van der Waals surface area contributed by atoms with Crippen LogP contribution in [0.4, 0.5) is 4.79 Å². The van der Waals surface area contributed by atoms with Crippen molar-refractivity contribution in [3.63, 3.8) is 0 Å². The van der Waals surface area contributed by atoms with Crippen LogP contribution in [-0.4, -0.2) is 47.7 Å². The average Bonchev–Trinajstić information content (AvgIpc) is 2.74. The van der Waals surface area contributed by atoms with E-state index in [-0.39, 0.29) is 17.7 Å². The third-order valence-corrected chi connectivity index (χ3v) is 2.95. The summed E-state index contributed by atoms with van der Waals surface area (Å²) in [4.78, 5) is 17.6. The minimum Gasteiger partial charge on any atom is -0.444 e. The van der Waals surface area contributed by atoms with E-state index in [9.17, 15) is 4.79 Å². The summed E-state index contributed by atoms with van der Waals surface area (Å²) >= 11 is 0. The summed E-state index contributed by atoms with van der Waals surface area (Å²) in [5, 5.41) is 3.58. The van der Waals surface area contributed by atoms with Crippen molar-refractivity contribution in [3.8, 4) is 0 Å². The summed E-state index contributed by atoms with van der Waals surface area (Å²) in [5.41, 5.74) is -0.306. The molecule has 1 saturated heterocycles. The summed E-state index contributed by atoms with van der Waals surface area (Å²) in [6.45, 7) is 6.83. The first-order valence-electron chi connectivity index (χ1n) is 6.42. The third kappa shape index (κ3) is 3.72. The molecule has 0 unspecified atom stereocenters. The van der Waals surface area contributed by atoms with E-state index in [1.54, 1.807) is 4.90 Å². The second-order valence-corrected chi connectivity index (χ2v) is 5.73. The standard InChI is InChI=1S/C12H18BN3O3/c1-12(2,3)18-11(17)16-6-4-8(5-7-16)9-14-10(13)15-19-9/h8H,4-7H2,1-3H3. The zero-order valence-corrected chi connectivity index (χ0v) is 11.5. The van der Waals surface area contributed by atoms with Gasteiger partial charge in [0.1, 0.15) is 11.3 Å². The summed E-state index contributed by atoms with van der Waals surface area (Å²) in [6, 6.07) is 0. The van der Waals surface area contributed by atoms with Gasteiger partial charge in [-0.2, -0.15) is 0 Å². The Morgan fingerprint density at radius 2 is 2.05 bits per heavy atom. The molecule has 2 rings (SSSR count). The fourth-order valence-electron chi connectivity index (χ4n) is 2.05. The van der Waals surface area contributed by atoms with Crippen molar-refractivity contribution in [3.05, 3.63) is 5.89 Å². The van der Waals surface area contributed by atoms with Crippen molar-refractivity contribution >= 4 is 19.7 Å². The zero-order chi connectivity index (χ0) is 14.0. The fourth-order valence-corrected chi connectivity index (χ4v) is 2.05. The number of piperidine rings is 1. The number of likely N-dealkylation sites (tertiary alicyclic amines) is 1. The molecular weight excluding hydrogens is 245 g/mol. The molecule has 1 fully saturated rings. The Kier molecular flexibility index (Phi) is 3.82. The number of ether oxygens (including phenoxy) is 1. The maximum absolute atomic E-state index is 11.9. The SMILES string of the molecule is [B]c1noc(C2CCN(C(=O)OC(C)(C)C)CC2)n1. The van der Waals surface area contributed by atoms with Crippen LogP contribution in [0.3, 0.4) is 0 Å². The van der Waals surface area contributed by atoms with E-state index in [4.69, 9.17) is 17.1 Å². The van der Waals surface area contributed by atoms with Crippen LogP contribution in [0.2, 0.25) is 0 Å². The van der Waals surface area contributed by atoms with E-state index in [1.165, 1.54) is 0 Å². The molecule has 0 aromatic carbocycles. The van der Waals surface area contributed by atoms with Crippen LogP contribution in [0.5, 0.6) is 0 Å². The van der Waals surface area contributed by atoms with E-state index in [0.717, 1.165) is 12.8 Å². The largest absolute Gasteiger partial charge is 0.444 e. The summed E-state index contributed by atoms with van der Waals surface area (Å²) < 4.78 is 10.4. The minimum atomic E-state index is -0.463. The lowest BCUT2D eigenvalue weighted by Crippen LogP contribution is -2.41. The van der Waals surface area contributed by atoms with Crippen LogP contribution in [0.15, 0.2) is 4.52 Å². The van der Waals surface area contributed by atoms with Crippen LogP contribution in [0.1, 0.15) is 45.4 Å². The van der Waals surface area contributed by atoms with Crippen LogP contribution in [0.25, 0.3) is 0 Å². The Morgan fingerprint density at radius 1 is 1.42 bits per heavy atom. The number of carbonyl (C=O) groups excluding carboxylic acids is 1. The number of nitrogens with zero attached hydrogens (tertiary/aromatic N) is 3. The normalized spacial score (nSPS) is 17.5. The van der Waals surface area contributed by atoms with Crippen molar-refractivity contribution < 1.29 is 14.1 Å². The van der Waals surface area contributed by atoms with Crippen molar-refractivity contribution in [1.29, 1.82) is 0 Å². The van der Waals surface area contributed by atoms with Gasteiger partial charge in [0.2, 0.25) is 5.89 Å². The lowest BCUT2D eigenvalue weighted by atomic mass is 9.97. The minimum absolute atomic E-state index is 0.157. The molecular formula is C12H18BN3O3. The maximum atomic E-state index is 11.9. The van der Waals surface area contributed by atoms with E-state index in [1.807, 2.05) is 20.8 Å². The van der Waals surface area contributed by atoms with E-state index in [2.05, 4.69) is 10.1 Å². The predicted octanol–water partition coefficient (Wildman–Crippen LogP) is 0.978. The van der Waals surface area contributed by atoms with Crippen molar-refractivity contribution in [1.82, 2.24) is 15.0 Å². The Labute approximate surface area is 113 Å². The van der Waals surface area contributed by atoms with Crippen molar-refractivity contribution in [2.24, 2.45) is 0 Å². The molecule has 7 heteroatoms. The predicted molar refractivity (Wildman–Crippen MR) is 69.5 cm³/mol. The molecule has 102 valence electrons. The molecule has 1 amide bonds. The van der Waals surface area contributed by atoms with Gasteiger partial charge in [-0.3, -0.25) is 0 Å². The van der Waals surface area contributed by atoms with Crippen molar-refractivity contribution in [2.45, 2.75) is 45.1 Å². The molecule has 19 heavy (non-hydrogen) atoms. The Bertz CT molecular complexity index is 447. The second kappa shape index (κ2) is 5.23. The molecule has 0 N–H and O–H groups in total. The molecule has 1 aromatic rings. The molecule has 1 aromatic heterocycles. The number of aromatic nitrogens is 2. The summed E-state index contributed by atoms with van der Waals surface area (Å²) in [6.07, 6.45) is 1.29. The van der Waals surface area contributed by atoms with Gasteiger partial charge in [0.15, 0.2) is 7.85 Å². The zero-order valence-electron chi connectivity index (χ0n) is 11.5.